The van der Waals surface area contributed by atoms with Crippen molar-refractivity contribution in [2.24, 2.45) is 51.8 Å². The maximum absolute atomic E-state index is 11.3. The molecular formula is C24H37ClO. The number of aliphatic hydroxyl groups is 1. The van der Waals surface area contributed by atoms with Crippen molar-refractivity contribution in [3.05, 3.63) is 11.1 Å². The van der Waals surface area contributed by atoms with Crippen LogP contribution in [-0.4, -0.2) is 11.2 Å². The van der Waals surface area contributed by atoms with Gasteiger partial charge in [0.15, 0.2) is 0 Å². The number of aliphatic hydroxyl groups excluding tert-OH is 1. The Bertz CT molecular complexity index is 638. The molecule has 5 aliphatic carbocycles. The summed E-state index contributed by atoms with van der Waals surface area (Å²) in [6.45, 7) is 9.58. The number of hydrogen-bond acceptors (Lipinski definition) is 1. The predicted octanol–water partition coefficient (Wildman–Crippen LogP) is 6.39. The zero-order chi connectivity index (χ0) is 18.5. The van der Waals surface area contributed by atoms with Gasteiger partial charge < -0.3 is 5.11 Å². The SMILES string of the molecule is C/C(Cl)=C/C(C)C1CCC2C3C[C@@H](O)C45CC4CCC5(C)C3CCC12C. The van der Waals surface area contributed by atoms with Gasteiger partial charge in [-0.05, 0) is 105 Å². The third-order valence-corrected chi connectivity index (χ3v) is 10.9. The van der Waals surface area contributed by atoms with Crippen LogP contribution in [0.4, 0.5) is 0 Å². The van der Waals surface area contributed by atoms with Gasteiger partial charge in [0.05, 0.1) is 6.10 Å². The zero-order valence-electron chi connectivity index (χ0n) is 17.1. The maximum atomic E-state index is 11.3. The molecule has 0 heterocycles. The summed E-state index contributed by atoms with van der Waals surface area (Å²) in [7, 11) is 0. The van der Waals surface area contributed by atoms with Crippen LogP contribution in [0, 0.1) is 51.8 Å². The highest BCUT2D eigenvalue weighted by Gasteiger charge is 2.77. The van der Waals surface area contributed by atoms with E-state index in [4.69, 9.17) is 11.6 Å². The molecule has 0 aromatic rings. The molecule has 9 unspecified atom stereocenters. The molecule has 26 heavy (non-hydrogen) atoms. The van der Waals surface area contributed by atoms with Gasteiger partial charge in [-0.1, -0.05) is 38.4 Å². The number of allylic oxidation sites excluding steroid dienone is 2. The first-order valence-corrected chi connectivity index (χ1v) is 11.6. The Labute approximate surface area is 165 Å². The van der Waals surface area contributed by atoms with Crippen molar-refractivity contribution in [1.82, 2.24) is 0 Å². The molecule has 2 heteroatoms. The highest BCUT2D eigenvalue weighted by atomic mass is 35.5. The van der Waals surface area contributed by atoms with Crippen molar-refractivity contribution in [3.63, 3.8) is 0 Å². The van der Waals surface area contributed by atoms with Gasteiger partial charge in [-0.15, -0.1) is 0 Å². The number of halogens is 1. The molecule has 5 fully saturated rings. The van der Waals surface area contributed by atoms with Crippen LogP contribution in [0.2, 0.25) is 0 Å². The Hall–Kier alpha value is -0.0100. The molecule has 0 saturated heterocycles. The molecule has 146 valence electrons. The fourth-order valence-corrected chi connectivity index (χ4v) is 9.89. The minimum Gasteiger partial charge on any atom is -0.393 e. The molecule has 1 nitrogen and oxygen atoms in total. The molecule has 0 bridgehead atoms. The lowest BCUT2D eigenvalue weighted by Gasteiger charge is -2.60. The summed E-state index contributed by atoms with van der Waals surface area (Å²) in [6, 6.07) is 0. The molecule has 5 rings (SSSR count). The Balaban J connectivity index is 1.46. The molecule has 5 saturated carbocycles. The molecule has 0 aliphatic heterocycles. The van der Waals surface area contributed by atoms with E-state index in [1.54, 1.807) is 0 Å². The van der Waals surface area contributed by atoms with Crippen LogP contribution in [-0.2, 0) is 0 Å². The molecule has 1 N–H and O–H groups in total. The number of fused-ring (bicyclic) bond motifs is 4. The third-order valence-electron chi connectivity index (χ3n) is 10.8. The van der Waals surface area contributed by atoms with E-state index in [-0.39, 0.29) is 6.10 Å². The lowest BCUT2D eigenvalue weighted by atomic mass is 9.45. The quantitative estimate of drug-likeness (QED) is 0.591. The smallest absolute Gasteiger partial charge is 0.0607 e. The van der Waals surface area contributed by atoms with Crippen LogP contribution >= 0.6 is 11.6 Å². The number of rotatable bonds is 2. The lowest BCUT2D eigenvalue weighted by molar-refractivity contribution is -0.151. The molecule has 10 atom stereocenters. The summed E-state index contributed by atoms with van der Waals surface area (Å²) < 4.78 is 0. The lowest BCUT2D eigenvalue weighted by Crippen LogP contribution is -2.56. The Morgan fingerprint density at radius 1 is 1.12 bits per heavy atom. The Morgan fingerprint density at radius 3 is 2.58 bits per heavy atom. The van der Waals surface area contributed by atoms with Crippen LogP contribution in [0.1, 0.15) is 79.1 Å². The topological polar surface area (TPSA) is 20.2 Å². The van der Waals surface area contributed by atoms with E-state index in [2.05, 4.69) is 26.8 Å². The van der Waals surface area contributed by atoms with Gasteiger partial charge >= 0.3 is 0 Å². The van der Waals surface area contributed by atoms with Gasteiger partial charge in [0.2, 0.25) is 0 Å². The minimum atomic E-state index is -0.0231. The average molecular weight is 377 g/mol. The van der Waals surface area contributed by atoms with Crippen molar-refractivity contribution in [2.75, 3.05) is 0 Å². The van der Waals surface area contributed by atoms with Crippen LogP contribution in [0.15, 0.2) is 11.1 Å². The first-order chi connectivity index (χ1) is 12.2. The second-order valence-corrected chi connectivity index (χ2v) is 12.0. The minimum absolute atomic E-state index is 0.0231. The van der Waals surface area contributed by atoms with Crippen molar-refractivity contribution >= 4 is 11.6 Å². The van der Waals surface area contributed by atoms with Crippen LogP contribution < -0.4 is 0 Å². The molecule has 0 amide bonds. The highest BCUT2D eigenvalue weighted by molar-refractivity contribution is 6.29. The van der Waals surface area contributed by atoms with Gasteiger partial charge in [-0.25, -0.2) is 0 Å². The molecule has 1 spiro atoms. The summed E-state index contributed by atoms with van der Waals surface area (Å²) in [6.07, 6.45) is 13.0. The van der Waals surface area contributed by atoms with Gasteiger partial charge in [0, 0.05) is 10.4 Å². The summed E-state index contributed by atoms with van der Waals surface area (Å²) in [5.74, 6) is 4.64. The van der Waals surface area contributed by atoms with Crippen LogP contribution in [0.3, 0.4) is 0 Å². The molecule has 0 radical (unpaired) electrons. The van der Waals surface area contributed by atoms with E-state index in [0.717, 1.165) is 41.0 Å². The number of hydrogen-bond donors (Lipinski definition) is 1. The fourth-order valence-electron chi connectivity index (χ4n) is 9.69. The maximum Gasteiger partial charge on any atom is 0.0607 e. The average Bonchev–Trinajstić information content (AvgIpc) is 3.08. The van der Waals surface area contributed by atoms with Gasteiger partial charge in [-0.2, -0.15) is 0 Å². The fraction of sp³-hybridized carbons (Fsp3) is 0.917. The standard InChI is InChI=1S/C24H37ClO/c1-14(11-15(2)25)18-5-6-19-17-12-21(26)24-13-16(24)7-10-23(24,4)20(17)8-9-22(18,19)3/h11,14,16-21,26H,5-10,12-13H2,1-4H3/b15-11-/t14?,16?,17?,18?,19?,20?,21-,22?,23?,24?/m1/s1. The predicted molar refractivity (Wildman–Crippen MR) is 108 cm³/mol. The summed E-state index contributed by atoms with van der Waals surface area (Å²) in [5.41, 5.74) is 1.20. The van der Waals surface area contributed by atoms with Gasteiger partial charge in [0.25, 0.3) is 0 Å². The second kappa shape index (κ2) is 5.53. The van der Waals surface area contributed by atoms with E-state index >= 15 is 0 Å². The molecule has 5 aliphatic rings. The second-order valence-electron chi connectivity index (χ2n) is 11.4. The summed E-state index contributed by atoms with van der Waals surface area (Å²) >= 11 is 6.23. The van der Waals surface area contributed by atoms with Gasteiger partial charge in [-0.3, -0.25) is 0 Å². The zero-order valence-corrected chi connectivity index (χ0v) is 17.9. The largest absolute Gasteiger partial charge is 0.393 e. The van der Waals surface area contributed by atoms with Crippen LogP contribution in [0.5, 0.6) is 0 Å². The molecular weight excluding hydrogens is 340 g/mol. The van der Waals surface area contributed by atoms with E-state index < -0.39 is 0 Å². The normalized spacial score (nSPS) is 59.2. The van der Waals surface area contributed by atoms with Gasteiger partial charge in [0.1, 0.15) is 0 Å². The highest BCUT2D eigenvalue weighted by Crippen LogP contribution is 2.81. The Kier molecular flexibility index (Phi) is 3.84. The molecule has 0 aromatic carbocycles. The van der Waals surface area contributed by atoms with Crippen molar-refractivity contribution in [1.29, 1.82) is 0 Å². The van der Waals surface area contributed by atoms with E-state index in [0.29, 0.717) is 22.2 Å². The Morgan fingerprint density at radius 2 is 1.88 bits per heavy atom. The van der Waals surface area contributed by atoms with Crippen LogP contribution in [0.25, 0.3) is 0 Å². The van der Waals surface area contributed by atoms with E-state index in [1.165, 1.54) is 44.9 Å². The first-order valence-electron chi connectivity index (χ1n) is 11.3. The first kappa shape index (κ1) is 18.0. The van der Waals surface area contributed by atoms with Crippen molar-refractivity contribution in [2.45, 2.75) is 85.2 Å². The van der Waals surface area contributed by atoms with E-state index in [9.17, 15) is 5.11 Å². The van der Waals surface area contributed by atoms with Crippen molar-refractivity contribution < 1.29 is 5.11 Å². The molecule has 0 aromatic heterocycles. The van der Waals surface area contributed by atoms with E-state index in [1.807, 2.05) is 6.92 Å². The third kappa shape index (κ3) is 2.03. The summed E-state index contributed by atoms with van der Waals surface area (Å²) in [4.78, 5) is 0. The monoisotopic (exact) mass is 376 g/mol. The summed E-state index contributed by atoms with van der Waals surface area (Å²) in [5, 5.41) is 12.2. The van der Waals surface area contributed by atoms with Crippen molar-refractivity contribution in [3.8, 4) is 0 Å².